The molecule has 0 fully saturated rings. The zero-order valence-electron chi connectivity index (χ0n) is 12.3. The number of hydrogen-bond acceptors (Lipinski definition) is 3. The molecule has 3 atom stereocenters. The van der Waals surface area contributed by atoms with Gasteiger partial charge in [0.05, 0.1) is 17.7 Å². The van der Waals surface area contributed by atoms with Crippen LogP contribution >= 0.6 is 15.9 Å². The highest BCUT2D eigenvalue weighted by Crippen LogP contribution is 2.51. The maximum atomic E-state index is 10.9. The van der Waals surface area contributed by atoms with Gasteiger partial charge >= 0.3 is 0 Å². The molecule has 0 unspecified atom stereocenters. The molecule has 0 saturated carbocycles. The summed E-state index contributed by atoms with van der Waals surface area (Å²) in [4.78, 5) is 10.9. The molecule has 0 saturated heterocycles. The summed E-state index contributed by atoms with van der Waals surface area (Å²) in [6, 6.07) is 13.5. The Kier molecular flexibility index (Phi) is 3.49. The molecule has 2 aromatic carbocycles. The fraction of sp³-hybridized carbons (Fsp3) is 0.211. The number of carbonyl (C=O) groups excluding carboxylic acids is 1. The third-order valence-electron chi connectivity index (χ3n) is 4.85. The second-order valence-corrected chi connectivity index (χ2v) is 6.94. The molecular weight excluding hydrogens is 354 g/mol. The lowest BCUT2D eigenvalue weighted by Gasteiger charge is -2.38. The minimum absolute atomic E-state index is 0.164. The third kappa shape index (κ3) is 2.38. The second-order valence-electron chi connectivity index (χ2n) is 6.09. The van der Waals surface area contributed by atoms with Gasteiger partial charge in [0.15, 0.2) is 0 Å². The maximum Gasteiger partial charge on any atom is 0.0715 e. The highest BCUT2D eigenvalue weighted by Gasteiger charge is 2.38. The summed E-state index contributed by atoms with van der Waals surface area (Å²) in [5.41, 5.74) is 3.78. The van der Waals surface area contributed by atoms with Gasteiger partial charge in [0.2, 0.25) is 0 Å². The first-order valence-corrected chi connectivity index (χ1v) is 8.47. The summed E-state index contributed by atoms with van der Waals surface area (Å²) in [7, 11) is 0. The first kappa shape index (κ1) is 14.5. The highest BCUT2D eigenvalue weighted by atomic mass is 79.9. The van der Waals surface area contributed by atoms with Crippen LogP contribution in [0.5, 0.6) is 0 Å². The quantitative estimate of drug-likeness (QED) is 0.823. The van der Waals surface area contributed by atoms with Gasteiger partial charge in [-0.15, -0.1) is 0 Å². The Bertz CT molecular complexity index is 798. The molecule has 1 N–H and O–H groups in total. The van der Waals surface area contributed by atoms with E-state index in [2.05, 4.69) is 45.5 Å². The lowest BCUT2D eigenvalue weighted by atomic mass is 9.77. The van der Waals surface area contributed by atoms with Crippen LogP contribution in [0.15, 0.2) is 59.1 Å². The molecule has 116 valence electrons. The first-order chi connectivity index (χ1) is 11.1. The summed E-state index contributed by atoms with van der Waals surface area (Å²) in [6.45, 7) is 0. The summed E-state index contributed by atoms with van der Waals surface area (Å²) < 4.78 is 1.06. The predicted molar refractivity (Wildman–Crippen MR) is 91.3 cm³/mol. The summed E-state index contributed by atoms with van der Waals surface area (Å²) in [5, 5.41) is 14.6. The number of allylic oxidation sites excluding steroid dienone is 2. The van der Waals surface area contributed by atoms with Gasteiger partial charge < -0.3 is 15.2 Å². The smallest absolute Gasteiger partial charge is 0.0715 e. The molecule has 0 spiro atoms. The standard InChI is InChI=1S/C19H16BrNO2/c20-16-6-2-5-15-13-3-1-4-14(13)17(21-18(15)16)11-7-9-12(10-8-11)19(22)23/h1-3,5-10,13-14,17,21H,4H2,(H,22,23)/p-1/t13-,14-,17+/m0/s1. The number of rotatable bonds is 2. The number of fused-ring (bicyclic) bond motifs is 3. The van der Waals surface area contributed by atoms with E-state index < -0.39 is 5.97 Å². The van der Waals surface area contributed by atoms with E-state index in [9.17, 15) is 9.90 Å². The van der Waals surface area contributed by atoms with E-state index in [0.29, 0.717) is 11.8 Å². The van der Waals surface area contributed by atoms with Crippen LogP contribution in [0.4, 0.5) is 5.69 Å². The average molecular weight is 369 g/mol. The van der Waals surface area contributed by atoms with Gasteiger partial charge in [0.1, 0.15) is 0 Å². The van der Waals surface area contributed by atoms with E-state index >= 15 is 0 Å². The van der Waals surface area contributed by atoms with Crippen molar-refractivity contribution in [2.45, 2.75) is 18.4 Å². The van der Waals surface area contributed by atoms with Crippen LogP contribution in [0.1, 0.15) is 39.9 Å². The topological polar surface area (TPSA) is 52.2 Å². The molecule has 4 heteroatoms. The molecule has 0 radical (unpaired) electrons. The molecule has 0 bridgehead atoms. The Morgan fingerprint density at radius 2 is 1.96 bits per heavy atom. The average Bonchev–Trinajstić information content (AvgIpc) is 3.04. The Morgan fingerprint density at radius 3 is 2.70 bits per heavy atom. The summed E-state index contributed by atoms with van der Waals surface area (Å²) in [5.74, 6) is -0.290. The van der Waals surface area contributed by atoms with Crippen LogP contribution in [0, 0.1) is 5.92 Å². The van der Waals surface area contributed by atoms with E-state index in [4.69, 9.17) is 0 Å². The molecule has 0 amide bonds. The predicted octanol–water partition coefficient (Wildman–Crippen LogP) is 3.64. The zero-order valence-corrected chi connectivity index (χ0v) is 13.9. The zero-order chi connectivity index (χ0) is 16.0. The van der Waals surface area contributed by atoms with Crippen molar-refractivity contribution in [2.24, 2.45) is 5.92 Å². The largest absolute Gasteiger partial charge is 0.545 e. The molecule has 1 aliphatic carbocycles. The Hall–Kier alpha value is -2.07. The van der Waals surface area contributed by atoms with Crippen molar-refractivity contribution in [3.8, 4) is 0 Å². The number of nitrogens with one attached hydrogen (secondary N) is 1. The first-order valence-electron chi connectivity index (χ1n) is 7.68. The molecular formula is C19H15BrNO2-. The van der Waals surface area contributed by atoms with Crippen LogP contribution in [0.25, 0.3) is 0 Å². The van der Waals surface area contributed by atoms with Crippen molar-refractivity contribution in [2.75, 3.05) is 5.32 Å². The second kappa shape index (κ2) is 5.53. The number of anilines is 1. The fourth-order valence-electron chi connectivity index (χ4n) is 3.74. The number of para-hydroxylation sites is 1. The molecule has 1 heterocycles. The van der Waals surface area contributed by atoms with Crippen molar-refractivity contribution >= 4 is 27.6 Å². The molecule has 23 heavy (non-hydrogen) atoms. The van der Waals surface area contributed by atoms with Gasteiger partial charge in [0.25, 0.3) is 0 Å². The summed E-state index contributed by atoms with van der Waals surface area (Å²) in [6.07, 6.45) is 5.56. The fourth-order valence-corrected chi connectivity index (χ4v) is 4.24. The summed E-state index contributed by atoms with van der Waals surface area (Å²) >= 11 is 3.64. The van der Waals surface area contributed by atoms with Crippen LogP contribution < -0.4 is 10.4 Å². The minimum atomic E-state index is -1.14. The van der Waals surface area contributed by atoms with E-state index in [1.807, 2.05) is 18.2 Å². The van der Waals surface area contributed by atoms with E-state index in [1.165, 1.54) is 5.56 Å². The Balaban J connectivity index is 1.75. The van der Waals surface area contributed by atoms with Crippen LogP contribution in [0.3, 0.4) is 0 Å². The number of carbonyl (C=O) groups is 1. The van der Waals surface area contributed by atoms with Crippen molar-refractivity contribution < 1.29 is 9.90 Å². The van der Waals surface area contributed by atoms with Gasteiger partial charge in [-0.1, -0.05) is 48.6 Å². The van der Waals surface area contributed by atoms with Crippen molar-refractivity contribution in [3.63, 3.8) is 0 Å². The van der Waals surface area contributed by atoms with Crippen LogP contribution in [-0.2, 0) is 0 Å². The monoisotopic (exact) mass is 368 g/mol. The van der Waals surface area contributed by atoms with E-state index in [0.717, 1.165) is 22.1 Å². The number of carboxylic acid groups (broad SMARTS) is 1. The van der Waals surface area contributed by atoms with E-state index in [-0.39, 0.29) is 11.6 Å². The minimum Gasteiger partial charge on any atom is -0.545 e. The third-order valence-corrected chi connectivity index (χ3v) is 5.51. The number of benzene rings is 2. The number of carboxylic acids is 1. The van der Waals surface area contributed by atoms with Gasteiger partial charge in [-0.2, -0.15) is 0 Å². The Labute approximate surface area is 143 Å². The number of halogens is 1. The molecule has 3 nitrogen and oxygen atoms in total. The molecule has 0 aromatic heterocycles. The lowest BCUT2D eigenvalue weighted by molar-refractivity contribution is -0.255. The molecule has 1 aliphatic heterocycles. The van der Waals surface area contributed by atoms with Gasteiger partial charge in [-0.3, -0.25) is 0 Å². The van der Waals surface area contributed by atoms with Gasteiger partial charge in [-0.25, -0.2) is 0 Å². The van der Waals surface area contributed by atoms with E-state index in [1.54, 1.807) is 12.1 Å². The van der Waals surface area contributed by atoms with Crippen molar-refractivity contribution in [1.82, 2.24) is 0 Å². The molecule has 2 aromatic rings. The van der Waals surface area contributed by atoms with Crippen LogP contribution in [0.2, 0.25) is 0 Å². The van der Waals surface area contributed by atoms with Gasteiger partial charge in [-0.05, 0) is 51.0 Å². The molecule has 4 rings (SSSR count). The highest BCUT2D eigenvalue weighted by molar-refractivity contribution is 9.10. The Morgan fingerprint density at radius 1 is 1.17 bits per heavy atom. The maximum absolute atomic E-state index is 10.9. The van der Waals surface area contributed by atoms with Crippen LogP contribution in [-0.4, -0.2) is 5.97 Å². The van der Waals surface area contributed by atoms with Gasteiger partial charge in [0, 0.05) is 10.4 Å². The normalized spacial score (nSPS) is 24.7. The SMILES string of the molecule is O=C([O-])c1ccc([C@H]2Nc3c(Br)cccc3[C@H]3C=CC[C@@H]32)cc1. The van der Waals surface area contributed by atoms with Crippen molar-refractivity contribution in [1.29, 1.82) is 0 Å². The lowest BCUT2D eigenvalue weighted by Crippen LogP contribution is -2.29. The number of aromatic carboxylic acids is 1. The molecule has 2 aliphatic rings. The van der Waals surface area contributed by atoms with Crippen molar-refractivity contribution in [3.05, 3.63) is 75.8 Å². The number of hydrogen-bond donors (Lipinski definition) is 1.